The number of rotatable bonds is 10. The summed E-state index contributed by atoms with van der Waals surface area (Å²) in [7, 11) is 0. The van der Waals surface area contributed by atoms with Crippen LogP contribution in [0.1, 0.15) is 69.3 Å². The Morgan fingerprint density at radius 2 is 1.59 bits per heavy atom. The molecule has 1 atom stereocenters. The lowest BCUT2D eigenvalue weighted by atomic mass is 9.71. The van der Waals surface area contributed by atoms with E-state index >= 15 is 0 Å². The van der Waals surface area contributed by atoms with E-state index in [1.807, 2.05) is 47.4 Å². The number of amides is 2. The van der Waals surface area contributed by atoms with Crippen molar-refractivity contribution in [1.82, 2.24) is 10.2 Å². The number of para-hydroxylation sites is 1. The van der Waals surface area contributed by atoms with Crippen LogP contribution in [0.5, 0.6) is 5.75 Å². The summed E-state index contributed by atoms with van der Waals surface area (Å²) >= 11 is 0. The molecule has 0 spiro atoms. The lowest BCUT2D eigenvalue weighted by Gasteiger charge is -2.41. The van der Waals surface area contributed by atoms with Gasteiger partial charge in [-0.15, -0.1) is 10.2 Å². The highest BCUT2D eigenvalue weighted by atomic mass is 16.5. The van der Waals surface area contributed by atoms with E-state index in [2.05, 4.69) is 36.3 Å². The minimum atomic E-state index is -1.23. The Morgan fingerprint density at radius 1 is 1.00 bits per heavy atom. The molecule has 2 aromatic carbocycles. The summed E-state index contributed by atoms with van der Waals surface area (Å²) in [6.45, 7) is 9.06. The van der Waals surface area contributed by atoms with Gasteiger partial charge < -0.3 is 15.0 Å². The zero-order valence-electron chi connectivity index (χ0n) is 22.1. The third-order valence-electron chi connectivity index (χ3n) is 7.12. The molecule has 1 saturated carbocycles. The summed E-state index contributed by atoms with van der Waals surface area (Å²) in [4.78, 5) is 28.0. The molecule has 37 heavy (non-hydrogen) atoms. The van der Waals surface area contributed by atoms with Crippen LogP contribution >= 0.6 is 0 Å². The van der Waals surface area contributed by atoms with Crippen molar-refractivity contribution in [3.05, 3.63) is 65.7 Å². The van der Waals surface area contributed by atoms with Gasteiger partial charge in [0.1, 0.15) is 5.75 Å². The molecule has 2 aromatic rings. The molecular weight excluding hydrogens is 468 g/mol. The van der Waals surface area contributed by atoms with Crippen LogP contribution in [0.25, 0.3) is 0 Å². The largest absolute Gasteiger partial charge is 0.481 e. The monoisotopic (exact) mass is 506 g/mol. The second-order valence-corrected chi connectivity index (χ2v) is 10.7. The summed E-state index contributed by atoms with van der Waals surface area (Å²) in [6.07, 6.45) is 2.19. The third-order valence-corrected chi connectivity index (χ3v) is 7.12. The first kappa shape index (κ1) is 28.0. The number of benzene rings is 2. The summed E-state index contributed by atoms with van der Waals surface area (Å²) in [6, 6.07) is 16.5. The van der Waals surface area contributed by atoms with Gasteiger partial charge in [0.15, 0.2) is 6.10 Å². The Morgan fingerprint density at radius 3 is 2.14 bits per heavy atom. The van der Waals surface area contributed by atoms with Gasteiger partial charge in [0.2, 0.25) is 0 Å². The molecular formula is C28H38N6O3. The first-order valence-electron chi connectivity index (χ1n) is 12.8. The van der Waals surface area contributed by atoms with Crippen molar-refractivity contribution in [3.8, 4) is 5.75 Å². The Balaban J connectivity index is 1.75. The van der Waals surface area contributed by atoms with Crippen molar-refractivity contribution < 1.29 is 14.3 Å². The van der Waals surface area contributed by atoms with Crippen molar-refractivity contribution in [1.29, 1.82) is 11.1 Å². The van der Waals surface area contributed by atoms with Crippen LogP contribution in [0.2, 0.25) is 0 Å². The minimum absolute atomic E-state index is 0.0539. The summed E-state index contributed by atoms with van der Waals surface area (Å²) < 4.78 is 5.98. The zero-order valence-corrected chi connectivity index (χ0v) is 22.1. The molecule has 0 aromatic heterocycles. The molecule has 0 radical (unpaired) electrons. The molecule has 9 heteroatoms. The fourth-order valence-electron chi connectivity index (χ4n) is 4.88. The van der Waals surface area contributed by atoms with Crippen LogP contribution in [0, 0.1) is 22.4 Å². The van der Waals surface area contributed by atoms with Gasteiger partial charge in [0, 0.05) is 18.2 Å². The normalized spacial score (nSPS) is 19.2. The van der Waals surface area contributed by atoms with E-state index in [1.165, 1.54) is 0 Å². The van der Waals surface area contributed by atoms with Crippen LogP contribution in [0.4, 0.5) is 0 Å². The molecule has 2 amide bonds. The molecule has 1 aliphatic carbocycles. The lowest BCUT2D eigenvalue weighted by molar-refractivity contribution is -0.142. The molecule has 0 bridgehead atoms. The number of hydrogen-bond donors (Lipinski definition) is 3. The maximum atomic E-state index is 13.7. The van der Waals surface area contributed by atoms with Gasteiger partial charge in [-0.3, -0.25) is 9.59 Å². The lowest BCUT2D eigenvalue weighted by Crippen LogP contribution is -2.47. The maximum absolute atomic E-state index is 13.7. The smallest absolute Gasteiger partial charge is 0.263 e. The number of carbonyl (C=O) groups is 2. The highest BCUT2D eigenvalue weighted by Gasteiger charge is 2.35. The van der Waals surface area contributed by atoms with E-state index in [1.54, 1.807) is 19.1 Å². The second kappa shape index (κ2) is 12.6. The topological polar surface area (TPSA) is 131 Å². The maximum Gasteiger partial charge on any atom is 0.263 e. The van der Waals surface area contributed by atoms with Crippen molar-refractivity contribution in [2.24, 2.45) is 21.6 Å². The second-order valence-electron chi connectivity index (χ2n) is 10.7. The number of ether oxygens (including phenoxy) is 1. The van der Waals surface area contributed by atoms with Gasteiger partial charge in [0.05, 0.1) is 0 Å². The van der Waals surface area contributed by atoms with Gasteiger partial charge >= 0.3 is 0 Å². The van der Waals surface area contributed by atoms with Crippen molar-refractivity contribution >= 4 is 11.8 Å². The Labute approximate surface area is 219 Å². The molecule has 0 aliphatic heterocycles. The molecule has 0 saturated heterocycles. The van der Waals surface area contributed by atoms with Crippen LogP contribution in [-0.4, -0.2) is 35.1 Å². The first-order valence-corrected chi connectivity index (χ1v) is 12.8. The number of hydrogen-bond acceptors (Lipinski definition) is 7. The van der Waals surface area contributed by atoms with Crippen molar-refractivity contribution in [2.45, 2.75) is 78.4 Å². The van der Waals surface area contributed by atoms with Gasteiger partial charge in [-0.25, -0.2) is 11.1 Å². The van der Waals surface area contributed by atoms with Crippen LogP contribution in [0.15, 0.2) is 64.8 Å². The average molecular weight is 507 g/mol. The Hall–Kier alpha value is -3.62. The summed E-state index contributed by atoms with van der Waals surface area (Å²) in [5, 5.41) is 8.54. The van der Waals surface area contributed by atoms with E-state index in [-0.39, 0.29) is 17.4 Å². The fraction of sp³-hybridized carbons (Fsp3) is 0.500. The minimum Gasteiger partial charge on any atom is -0.481 e. The molecule has 1 fully saturated rings. The highest BCUT2D eigenvalue weighted by Crippen LogP contribution is 2.39. The van der Waals surface area contributed by atoms with Gasteiger partial charge in [0.25, 0.3) is 18.1 Å². The number of carbonyl (C=O) groups excluding carboxylic acids is 2. The number of nitrogens with one attached hydrogen (secondary N) is 3. The molecule has 1 aliphatic rings. The number of nitrogens with zero attached hydrogens (tertiary/aromatic N) is 3. The van der Waals surface area contributed by atoms with Gasteiger partial charge in [-0.2, -0.15) is 0 Å². The third kappa shape index (κ3) is 7.68. The van der Waals surface area contributed by atoms with Crippen LogP contribution < -0.4 is 10.1 Å². The zero-order chi connectivity index (χ0) is 27.0. The predicted octanol–water partition coefficient (Wildman–Crippen LogP) is 6.16. The Kier molecular flexibility index (Phi) is 9.49. The van der Waals surface area contributed by atoms with Crippen molar-refractivity contribution in [3.63, 3.8) is 0 Å². The predicted molar refractivity (Wildman–Crippen MR) is 140 cm³/mol. The molecule has 198 valence electrons. The average Bonchev–Trinajstić information content (AvgIpc) is 2.90. The molecule has 3 N–H and O–H groups in total. The standard InChI is InChI=1S/C28H38N6O3/c1-19(37-24-8-6-5-7-9-24)26(36)34(23-16-14-22(15-17-23)28(2,3)4)18-20-10-12-21(13-11-20)25(35)31-27(32-29)33-30/h5-13,19,22-23,27,29-30H,14-18H2,1-4H3,(H,31,35). The van der Waals surface area contributed by atoms with E-state index in [0.29, 0.717) is 23.8 Å². The van der Waals surface area contributed by atoms with Gasteiger partial charge in [-0.1, -0.05) is 51.1 Å². The Bertz CT molecular complexity index is 1050. The molecule has 3 rings (SSSR count). The van der Waals surface area contributed by atoms with E-state index in [0.717, 1.165) is 31.2 Å². The van der Waals surface area contributed by atoms with E-state index in [4.69, 9.17) is 15.8 Å². The fourth-order valence-corrected chi connectivity index (χ4v) is 4.88. The summed E-state index contributed by atoms with van der Waals surface area (Å²) in [5.74, 6) is 0.766. The van der Waals surface area contributed by atoms with Gasteiger partial charge in [-0.05, 0) is 73.8 Å². The molecule has 9 nitrogen and oxygen atoms in total. The van der Waals surface area contributed by atoms with E-state index in [9.17, 15) is 9.59 Å². The first-order chi connectivity index (χ1) is 17.6. The molecule has 1 unspecified atom stereocenters. The quantitative estimate of drug-likeness (QED) is 0.333. The summed E-state index contributed by atoms with van der Waals surface area (Å²) in [5.41, 5.74) is 15.5. The van der Waals surface area contributed by atoms with E-state index < -0.39 is 18.3 Å². The SMILES string of the molecule is CC(Oc1ccccc1)C(=O)N(Cc1ccc(C(=O)NC(N=N)N=N)cc1)C1CCC(C(C)(C)C)CC1. The van der Waals surface area contributed by atoms with Crippen molar-refractivity contribution in [2.75, 3.05) is 0 Å². The highest BCUT2D eigenvalue weighted by molar-refractivity contribution is 5.94. The van der Waals surface area contributed by atoms with Crippen LogP contribution in [0.3, 0.4) is 0 Å². The molecule has 0 heterocycles. The van der Waals surface area contributed by atoms with Crippen LogP contribution in [-0.2, 0) is 11.3 Å².